The van der Waals surface area contributed by atoms with E-state index in [4.69, 9.17) is 29.4 Å². The van der Waals surface area contributed by atoms with Crippen LogP contribution in [0.1, 0.15) is 27.2 Å². The third kappa shape index (κ3) is 20.1. The molecule has 0 aliphatic rings. The molecule has 0 radical (unpaired) electrons. The number of nitrogens with zero attached hydrogens (tertiary/aromatic N) is 2. The summed E-state index contributed by atoms with van der Waals surface area (Å²) in [4.78, 5) is 17.0. The van der Waals surface area contributed by atoms with Crippen LogP contribution in [0.25, 0.3) is 0 Å². The topological polar surface area (TPSA) is 118 Å². The molecule has 0 aromatic heterocycles. The lowest BCUT2D eigenvalue weighted by atomic mass is 9.97. The van der Waals surface area contributed by atoms with Crippen LogP contribution < -0.4 is 0 Å². The highest BCUT2D eigenvalue weighted by atomic mass is 32.2. The number of hydrogen-bond acceptors (Lipinski definition) is 11. The van der Waals surface area contributed by atoms with Gasteiger partial charge in [0.1, 0.15) is 0 Å². The Morgan fingerprint density at radius 3 is 1.52 bits per heavy atom. The molecule has 0 aliphatic carbocycles. The molecule has 0 rings (SSSR count). The minimum atomic E-state index is -3.34. The van der Waals surface area contributed by atoms with Crippen molar-refractivity contribution in [3.63, 3.8) is 0 Å². The molecule has 0 aliphatic heterocycles. The van der Waals surface area contributed by atoms with Crippen LogP contribution in [0.15, 0.2) is 4.99 Å². The second-order valence-electron chi connectivity index (χ2n) is 17.2. The summed E-state index contributed by atoms with van der Waals surface area (Å²) in [6.45, 7) is 41.0. The largest absolute Gasteiger partial charge is 0.471 e. The van der Waals surface area contributed by atoms with Gasteiger partial charge in [-0.25, -0.2) is 0 Å². The number of carbonyl (C=O) groups excluding carboxylic acids is 1. The molecule has 270 valence electrons. The van der Waals surface area contributed by atoms with E-state index in [1.807, 2.05) is 33.5 Å². The maximum atomic E-state index is 13.1. The summed E-state index contributed by atoms with van der Waals surface area (Å²) in [6.07, 6.45) is 0.527. The van der Waals surface area contributed by atoms with Crippen molar-refractivity contribution in [3.05, 3.63) is 0 Å². The molecule has 0 fully saturated rings. The molecule has 1 atom stereocenters. The van der Waals surface area contributed by atoms with E-state index in [0.717, 1.165) is 0 Å². The lowest BCUT2D eigenvalue weighted by molar-refractivity contribution is -0.152. The summed E-state index contributed by atoms with van der Waals surface area (Å²) >= 11 is 1.50. The minimum Gasteiger partial charge on any atom is -0.465 e. The van der Waals surface area contributed by atoms with Gasteiger partial charge < -0.3 is 29.4 Å². The highest BCUT2D eigenvalue weighted by molar-refractivity contribution is 7.99. The first kappa shape index (κ1) is 46.3. The van der Waals surface area contributed by atoms with Gasteiger partial charge in [-0.1, -0.05) is 0 Å². The number of aliphatic imine (C=N–C) groups is 1. The van der Waals surface area contributed by atoms with Gasteiger partial charge in [-0.3, -0.25) is 9.79 Å². The second kappa shape index (κ2) is 17.0. The van der Waals surface area contributed by atoms with E-state index < -0.39 is 70.4 Å². The summed E-state index contributed by atoms with van der Waals surface area (Å²) in [6, 6.07) is 2.67. The third-order valence-electron chi connectivity index (χ3n) is 5.59. The molecular formula is C28H66N2O8SSi7. The van der Waals surface area contributed by atoms with Crippen molar-refractivity contribution < 1.29 is 34.2 Å². The van der Waals surface area contributed by atoms with Crippen LogP contribution in [0.3, 0.4) is 0 Å². The van der Waals surface area contributed by atoms with Crippen molar-refractivity contribution in [1.82, 2.24) is 0 Å². The standard InChI is InChI=1S/C28H66N2O8SSi7/c1-27(2,24-39-25-28(3,23-29)30-4)26(31)32-21-20-22-46(35-42(11,12)13,36-43(14,15)16)38-44(17,18)37-45(19,33-40(5,6)7)34-41(8,9)10/h4,20-22,24-25H2,1-3,5-19H3. The number of carbonyl (C=O) groups is 1. The molecule has 0 N–H and O–H groups in total. The zero-order valence-electron chi connectivity index (χ0n) is 32.3. The van der Waals surface area contributed by atoms with Gasteiger partial charge in [0, 0.05) is 24.1 Å². The fourth-order valence-corrected chi connectivity index (χ4v) is 34.3. The Morgan fingerprint density at radius 2 is 1.15 bits per heavy atom. The molecule has 0 bridgehead atoms. The van der Waals surface area contributed by atoms with Crippen LogP contribution in [0, 0.1) is 16.7 Å². The van der Waals surface area contributed by atoms with Crippen LogP contribution >= 0.6 is 11.8 Å². The van der Waals surface area contributed by atoms with Crippen LogP contribution in [-0.4, -0.2) is 95.8 Å². The van der Waals surface area contributed by atoms with Gasteiger partial charge in [0.2, 0.25) is 0 Å². The van der Waals surface area contributed by atoms with E-state index >= 15 is 0 Å². The van der Waals surface area contributed by atoms with Crippen LogP contribution in [0.5, 0.6) is 0 Å². The summed E-state index contributed by atoms with van der Waals surface area (Å²) in [5.74, 6) is 0.659. The summed E-state index contributed by atoms with van der Waals surface area (Å²) in [7, 11) is -17.7. The summed E-state index contributed by atoms with van der Waals surface area (Å²) < 4.78 is 46.9. The van der Waals surface area contributed by atoms with Crippen LogP contribution in [0.2, 0.25) is 104 Å². The zero-order chi connectivity index (χ0) is 36.7. The highest BCUT2D eigenvalue weighted by Gasteiger charge is 2.55. The molecule has 0 heterocycles. The fourth-order valence-electron chi connectivity index (χ4n) is 4.49. The van der Waals surface area contributed by atoms with Gasteiger partial charge >= 0.3 is 32.1 Å². The molecule has 0 amide bonds. The lowest BCUT2D eigenvalue weighted by Gasteiger charge is -2.46. The van der Waals surface area contributed by atoms with E-state index in [0.29, 0.717) is 24.0 Å². The second-order valence-corrected chi connectivity index (χ2v) is 46.3. The van der Waals surface area contributed by atoms with Crippen molar-refractivity contribution in [2.24, 2.45) is 10.4 Å². The fraction of sp³-hybridized carbons (Fsp3) is 0.893. The monoisotopic (exact) mass is 786 g/mol. The Hall–Kier alpha value is 0.258. The maximum absolute atomic E-state index is 13.1. The Balaban J connectivity index is 6.08. The first-order valence-electron chi connectivity index (χ1n) is 16.0. The zero-order valence-corrected chi connectivity index (χ0v) is 40.1. The molecule has 18 heteroatoms. The minimum absolute atomic E-state index is 0.214. The van der Waals surface area contributed by atoms with E-state index in [1.165, 1.54) is 11.8 Å². The number of rotatable bonds is 22. The van der Waals surface area contributed by atoms with Gasteiger partial charge in [-0.05, 0) is 126 Å². The van der Waals surface area contributed by atoms with E-state index in [2.05, 4.69) is 96.3 Å². The number of thioether (sulfide) groups is 1. The number of hydrogen-bond donors (Lipinski definition) is 0. The van der Waals surface area contributed by atoms with Gasteiger partial charge in [0.15, 0.2) is 38.8 Å². The predicted molar refractivity (Wildman–Crippen MR) is 210 cm³/mol. The van der Waals surface area contributed by atoms with Crippen molar-refractivity contribution in [2.45, 2.75) is 137 Å². The Kier molecular flexibility index (Phi) is 17.1. The van der Waals surface area contributed by atoms with Gasteiger partial charge in [-0.15, -0.1) is 0 Å². The average Bonchev–Trinajstić information content (AvgIpc) is 2.75. The van der Waals surface area contributed by atoms with E-state index in [9.17, 15) is 10.1 Å². The molecule has 0 aromatic carbocycles. The van der Waals surface area contributed by atoms with Gasteiger partial charge in [-0.2, -0.15) is 17.0 Å². The number of nitriles is 1. The summed E-state index contributed by atoms with van der Waals surface area (Å²) in [5, 5.41) is 9.37. The molecule has 1 unspecified atom stereocenters. The van der Waals surface area contributed by atoms with Crippen molar-refractivity contribution >= 4 is 83.9 Å². The van der Waals surface area contributed by atoms with E-state index in [-0.39, 0.29) is 12.6 Å². The van der Waals surface area contributed by atoms with Gasteiger partial charge in [0.25, 0.3) is 0 Å². The number of ether oxygens (including phenoxy) is 1. The SMILES string of the molecule is C=NC(C)(C#N)CSCC(C)(C)C(=O)OCCC[Si](O[Si](C)(C)C)(O[Si](C)(C)C)O[Si](C)(C)O[Si](C)(O[Si](C)(C)C)O[Si](C)(C)C. The molecular weight excluding hydrogens is 721 g/mol. The molecule has 0 saturated heterocycles. The quantitative estimate of drug-likeness (QED) is 0.0459. The Morgan fingerprint density at radius 1 is 0.717 bits per heavy atom. The smallest absolute Gasteiger partial charge is 0.465 e. The molecule has 0 aromatic rings. The van der Waals surface area contributed by atoms with Crippen LogP contribution in [-0.2, 0) is 34.2 Å². The first-order valence-corrected chi connectivity index (χ1v) is 37.8. The van der Waals surface area contributed by atoms with Crippen molar-refractivity contribution in [3.8, 4) is 6.07 Å². The summed E-state index contributed by atoms with van der Waals surface area (Å²) in [5.41, 5.74) is -1.62. The molecule has 46 heavy (non-hydrogen) atoms. The highest BCUT2D eigenvalue weighted by Crippen LogP contribution is 2.34. The molecule has 0 saturated carbocycles. The van der Waals surface area contributed by atoms with Gasteiger partial charge in [0.05, 0.1) is 18.1 Å². The molecule has 0 spiro atoms. The lowest BCUT2D eigenvalue weighted by Crippen LogP contribution is -2.65. The maximum Gasteiger partial charge on any atom is 0.471 e. The third-order valence-corrected chi connectivity index (χ3v) is 30.2. The average molecular weight is 788 g/mol. The van der Waals surface area contributed by atoms with Crippen molar-refractivity contribution in [1.29, 1.82) is 5.26 Å². The normalized spacial score (nSPS) is 15.7. The number of esters is 1. The van der Waals surface area contributed by atoms with E-state index in [1.54, 1.807) is 6.92 Å². The van der Waals surface area contributed by atoms with Crippen LogP contribution in [0.4, 0.5) is 0 Å². The first-order chi connectivity index (χ1) is 20.2. The Labute approximate surface area is 293 Å². The Bertz CT molecular complexity index is 1020. The molecule has 10 nitrogen and oxygen atoms in total. The predicted octanol–water partition coefficient (Wildman–Crippen LogP) is 8.31. The van der Waals surface area contributed by atoms with Crippen molar-refractivity contribution in [2.75, 3.05) is 18.1 Å².